The largest absolute Gasteiger partial charge is 0.324 e. The minimum absolute atomic E-state index is 0.0834. The van der Waals surface area contributed by atoms with Crippen LogP contribution in [0, 0.1) is 10.5 Å². The Morgan fingerprint density at radius 3 is 2.94 bits per heavy atom. The molecule has 2 aromatic rings. The van der Waals surface area contributed by atoms with Crippen molar-refractivity contribution in [2.75, 3.05) is 5.32 Å². The van der Waals surface area contributed by atoms with E-state index in [0.717, 1.165) is 19.3 Å². The van der Waals surface area contributed by atoms with Crippen LogP contribution < -0.4 is 5.32 Å². The molecule has 0 saturated heterocycles. The highest BCUT2D eigenvalue weighted by Crippen LogP contribution is 2.19. The van der Waals surface area contributed by atoms with Crippen LogP contribution in [0.25, 0.3) is 0 Å². The maximum absolute atomic E-state index is 11.8. The number of hydrogen-bond acceptors (Lipinski definition) is 2. The number of halogens is 2. The Hall–Kier alpha value is -0.890. The van der Waals surface area contributed by atoms with E-state index in [9.17, 15) is 4.79 Å². The summed E-state index contributed by atoms with van der Waals surface area (Å²) in [7, 11) is 0. The Bertz CT molecular complexity index is 582. The van der Waals surface area contributed by atoms with E-state index in [1.807, 2.05) is 31.3 Å². The first-order chi connectivity index (χ1) is 8.54. The Kier molecular flexibility index (Phi) is 4.39. The number of carbonyl (C=O) groups excluding carboxylic acids is 1. The van der Waals surface area contributed by atoms with Crippen molar-refractivity contribution < 1.29 is 4.79 Å². The molecule has 0 unspecified atom stereocenters. The number of hydrogen-bond donors (Lipinski definition) is 1. The number of aromatic nitrogens is 2. The smallest absolute Gasteiger partial charge is 0.246 e. The van der Waals surface area contributed by atoms with Crippen molar-refractivity contribution in [3.63, 3.8) is 0 Å². The minimum atomic E-state index is -0.0834. The fourth-order valence-electron chi connectivity index (χ4n) is 1.53. The van der Waals surface area contributed by atoms with Gasteiger partial charge in [0.1, 0.15) is 6.54 Å². The van der Waals surface area contributed by atoms with Gasteiger partial charge in [-0.05, 0) is 53.3 Å². The van der Waals surface area contributed by atoms with E-state index in [0.29, 0.717) is 0 Å². The second-order valence-corrected chi connectivity index (χ2v) is 6.02. The molecule has 6 heteroatoms. The lowest BCUT2D eigenvalue weighted by Crippen LogP contribution is -2.19. The number of nitrogens with one attached hydrogen (secondary N) is 1. The molecule has 1 amide bonds. The second kappa shape index (κ2) is 5.83. The Balaban J connectivity index is 2.03. The van der Waals surface area contributed by atoms with Gasteiger partial charge in [0.05, 0.1) is 9.77 Å². The fourth-order valence-corrected chi connectivity index (χ4v) is 2.45. The lowest BCUT2D eigenvalue weighted by atomic mass is 10.2. The first-order valence-electron chi connectivity index (χ1n) is 5.28. The van der Waals surface area contributed by atoms with Crippen LogP contribution in [0.15, 0.2) is 35.1 Å². The molecule has 1 aromatic heterocycles. The fraction of sp³-hybridized carbons (Fsp3) is 0.167. The summed E-state index contributed by atoms with van der Waals surface area (Å²) >= 11 is 5.55. The van der Waals surface area contributed by atoms with Crippen LogP contribution in [0.1, 0.15) is 5.56 Å². The molecule has 0 atom stereocenters. The van der Waals surface area contributed by atoms with Gasteiger partial charge in [-0.1, -0.05) is 15.9 Å². The maximum atomic E-state index is 11.8. The van der Waals surface area contributed by atoms with Gasteiger partial charge in [0, 0.05) is 16.4 Å². The summed E-state index contributed by atoms with van der Waals surface area (Å²) in [5.74, 6) is -0.0834. The van der Waals surface area contributed by atoms with Crippen molar-refractivity contribution in [2.45, 2.75) is 13.5 Å². The molecule has 0 radical (unpaired) electrons. The van der Waals surface area contributed by atoms with E-state index < -0.39 is 0 Å². The van der Waals surface area contributed by atoms with Crippen LogP contribution in [-0.4, -0.2) is 15.7 Å². The zero-order valence-corrected chi connectivity index (χ0v) is 13.4. The van der Waals surface area contributed by atoms with Gasteiger partial charge in [-0.3, -0.25) is 9.48 Å². The molecule has 0 fully saturated rings. The number of aryl methyl sites for hydroxylation is 1. The van der Waals surface area contributed by atoms with Crippen LogP contribution in [0.2, 0.25) is 0 Å². The predicted molar refractivity (Wildman–Crippen MR) is 82.5 cm³/mol. The molecule has 0 aliphatic carbocycles. The number of rotatable bonds is 3. The standard InChI is InChI=1S/C12H11BrIN3O/c1-8-4-9(13)2-3-11(8)16-12(18)7-17-6-10(14)5-15-17/h2-6H,7H2,1H3,(H,16,18). The number of carbonyl (C=O) groups is 1. The second-order valence-electron chi connectivity index (χ2n) is 3.86. The van der Waals surface area contributed by atoms with Crippen molar-refractivity contribution in [1.29, 1.82) is 0 Å². The van der Waals surface area contributed by atoms with Crippen molar-refractivity contribution in [2.24, 2.45) is 0 Å². The topological polar surface area (TPSA) is 46.9 Å². The van der Waals surface area contributed by atoms with Gasteiger partial charge in [0.25, 0.3) is 0 Å². The molecule has 4 nitrogen and oxygen atoms in total. The first-order valence-corrected chi connectivity index (χ1v) is 7.16. The molecule has 0 spiro atoms. The maximum Gasteiger partial charge on any atom is 0.246 e. The molecule has 1 N–H and O–H groups in total. The lowest BCUT2D eigenvalue weighted by molar-refractivity contribution is -0.116. The van der Waals surface area contributed by atoms with Crippen LogP contribution in [0.3, 0.4) is 0 Å². The van der Waals surface area contributed by atoms with E-state index in [2.05, 4.69) is 48.9 Å². The number of amides is 1. The third-order valence-electron chi connectivity index (χ3n) is 2.37. The average molecular weight is 420 g/mol. The van der Waals surface area contributed by atoms with E-state index in [1.165, 1.54) is 0 Å². The Morgan fingerprint density at radius 2 is 2.33 bits per heavy atom. The molecule has 0 aliphatic rings. The van der Waals surface area contributed by atoms with Crippen molar-refractivity contribution in [3.05, 3.63) is 44.2 Å². The van der Waals surface area contributed by atoms with Crippen LogP contribution >= 0.6 is 38.5 Å². The van der Waals surface area contributed by atoms with E-state index in [-0.39, 0.29) is 12.5 Å². The van der Waals surface area contributed by atoms with Gasteiger partial charge in [-0.15, -0.1) is 0 Å². The van der Waals surface area contributed by atoms with Crippen molar-refractivity contribution in [1.82, 2.24) is 9.78 Å². The summed E-state index contributed by atoms with van der Waals surface area (Å²) in [4.78, 5) is 11.8. The van der Waals surface area contributed by atoms with E-state index in [1.54, 1.807) is 10.9 Å². The molecule has 2 rings (SSSR count). The molecular formula is C12H11BrIN3O. The summed E-state index contributed by atoms with van der Waals surface area (Å²) < 4.78 is 3.63. The summed E-state index contributed by atoms with van der Waals surface area (Å²) in [6, 6.07) is 5.75. The first kappa shape index (κ1) is 13.5. The molecule has 18 heavy (non-hydrogen) atoms. The highest BCUT2D eigenvalue weighted by Gasteiger charge is 2.06. The highest BCUT2D eigenvalue weighted by atomic mass is 127. The normalized spacial score (nSPS) is 10.4. The average Bonchev–Trinajstić information content (AvgIpc) is 2.68. The van der Waals surface area contributed by atoms with Crippen LogP contribution in [0.5, 0.6) is 0 Å². The predicted octanol–water partition coefficient (Wildman–Crippen LogP) is 3.20. The molecule has 0 bridgehead atoms. The van der Waals surface area contributed by atoms with Gasteiger partial charge in [0.15, 0.2) is 0 Å². The quantitative estimate of drug-likeness (QED) is 0.776. The van der Waals surface area contributed by atoms with E-state index >= 15 is 0 Å². The van der Waals surface area contributed by atoms with Crippen LogP contribution in [0.4, 0.5) is 5.69 Å². The summed E-state index contributed by atoms with van der Waals surface area (Å²) in [5, 5.41) is 6.95. The molecule has 0 aliphatic heterocycles. The number of anilines is 1. The highest BCUT2D eigenvalue weighted by molar-refractivity contribution is 14.1. The third kappa shape index (κ3) is 3.55. The van der Waals surface area contributed by atoms with Gasteiger partial charge < -0.3 is 5.32 Å². The van der Waals surface area contributed by atoms with Gasteiger partial charge >= 0.3 is 0 Å². The zero-order valence-electron chi connectivity index (χ0n) is 9.65. The van der Waals surface area contributed by atoms with Gasteiger partial charge in [0.2, 0.25) is 5.91 Å². The SMILES string of the molecule is Cc1cc(Br)ccc1NC(=O)Cn1cc(I)cn1. The number of benzene rings is 1. The molecule has 1 heterocycles. The van der Waals surface area contributed by atoms with Crippen molar-refractivity contribution in [3.8, 4) is 0 Å². The molecular weight excluding hydrogens is 409 g/mol. The summed E-state index contributed by atoms with van der Waals surface area (Å²) in [5.41, 5.74) is 1.85. The molecule has 94 valence electrons. The van der Waals surface area contributed by atoms with Gasteiger partial charge in [-0.2, -0.15) is 5.10 Å². The van der Waals surface area contributed by atoms with Crippen LogP contribution in [-0.2, 0) is 11.3 Å². The Labute approximate surface area is 127 Å². The van der Waals surface area contributed by atoms with Gasteiger partial charge in [-0.25, -0.2) is 0 Å². The Morgan fingerprint density at radius 1 is 1.56 bits per heavy atom. The summed E-state index contributed by atoms with van der Waals surface area (Å²) in [6.07, 6.45) is 3.55. The monoisotopic (exact) mass is 419 g/mol. The number of nitrogens with zero attached hydrogens (tertiary/aromatic N) is 2. The molecule has 1 aromatic carbocycles. The van der Waals surface area contributed by atoms with Crippen molar-refractivity contribution >= 4 is 50.1 Å². The van der Waals surface area contributed by atoms with E-state index in [4.69, 9.17) is 0 Å². The molecule has 0 saturated carbocycles. The third-order valence-corrected chi connectivity index (χ3v) is 3.42. The lowest BCUT2D eigenvalue weighted by Gasteiger charge is -2.08. The summed E-state index contributed by atoms with van der Waals surface area (Å²) in [6.45, 7) is 2.18. The zero-order chi connectivity index (χ0) is 13.1. The minimum Gasteiger partial charge on any atom is -0.324 e.